The Labute approximate surface area is 122 Å². The zero-order chi connectivity index (χ0) is 14.5. The molecule has 0 bridgehead atoms. The molecule has 6 heteroatoms. The molecule has 0 saturated carbocycles. The van der Waals surface area contributed by atoms with E-state index in [2.05, 4.69) is 10.6 Å². The summed E-state index contributed by atoms with van der Waals surface area (Å²) in [6.07, 6.45) is 0. The molecule has 1 heterocycles. The summed E-state index contributed by atoms with van der Waals surface area (Å²) >= 11 is 6.03. The summed E-state index contributed by atoms with van der Waals surface area (Å²) in [5, 5.41) is 15.3. The van der Waals surface area contributed by atoms with Crippen LogP contribution >= 0.6 is 11.6 Å². The Morgan fingerprint density at radius 3 is 3.05 bits per heavy atom. The van der Waals surface area contributed by atoms with Crippen LogP contribution in [0.25, 0.3) is 0 Å². The Hall–Kier alpha value is -1.61. The van der Waals surface area contributed by atoms with Crippen LogP contribution in [0.15, 0.2) is 18.2 Å². The summed E-state index contributed by atoms with van der Waals surface area (Å²) in [5.74, 6) is -0.401. The second-order valence-electron chi connectivity index (χ2n) is 4.60. The normalized spacial score (nSPS) is 21.4. The average molecular weight is 294 g/mol. The van der Waals surface area contributed by atoms with E-state index in [0.29, 0.717) is 29.5 Å². The summed E-state index contributed by atoms with van der Waals surface area (Å²) in [4.78, 5) is 12.3. The fraction of sp³-hybridized carbons (Fsp3) is 0.429. The minimum atomic E-state index is -0.253. The first-order chi connectivity index (χ1) is 9.65. The van der Waals surface area contributed by atoms with Crippen LogP contribution in [0, 0.1) is 17.2 Å². The van der Waals surface area contributed by atoms with Gasteiger partial charge < -0.3 is 15.4 Å². The molecule has 1 aromatic carbocycles. The molecular formula is C14H16ClN3O2. The quantitative estimate of drug-likeness (QED) is 0.887. The molecule has 1 aliphatic heterocycles. The van der Waals surface area contributed by atoms with Crippen molar-refractivity contribution >= 4 is 23.2 Å². The maximum Gasteiger partial charge on any atom is 0.231 e. The van der Waals surface area contributed by atoms with Gasteiger partial charge >= 0.3 is 0 Å². The van der Waals surface area contributed by atoms with Crippen LogP contribution in [-0.2, 0) is 9.53 Å². The number of hydrogen-bond donors (Lipinski definition) is 2. The van der Waals surface area contributed by atoms with Gasteiger partial charge in [0.25, 0.3) is 0 Å². The zero-order valence-corrected chi connectivity index (χ0v) is 11.9. The lowest BCUT2D eigenvalue weighted by Gasteiger charge is -2.18. The van der Waals surface area contributed by atoms with Crippen molar-refractivity contribution in [2.45, 2.75) is 13.0 Å². The van der Waals surface area contributed by atoms with Crippen molar-refractivity contribution in [2.24, 2.45) is 5.92 Å². The summed E-state index contributed by atoms with van der Waals surface area (Å²) in [5.41, 5.74) is 0.911. The smallest absolute Gasteiger partial charge is 0.231 e. The van der Waals surface area contributed by atoms with Crippen molar-refractivity contribution in [3.8, 4) is 6.07 Å². The summed E-state index contributed by atoms with van der Waals surface area (Å²) in [6, 6.07) is 6.81. The minimum absolute atomic E-state index is 0.0120. The van der Waals surface area contributed by atoms with Gasteiger partial charge in [0.05, 0.1) is 41.5 Å². The van der Waals surface area contributed by atoms with Gasteiger partial charge in [0.15, 0.2) is 0 Å². The second-order valence-corrected chi connectivity index (χ2v) is 5.01. The predicted octanol–water partition coefficient (Wildman–Crippen LogP) is 1.77. The van der Waals surface area contributed by atoms with Crippen molar-refractivity contribution in [2.75, 3.05) is 25.1 Å². The first kappa shape index (κ1) is 14.8. The molecule has 1 amide bonds. The lowest BCUT2D eigenvalue weighted by atomic mass is 10.0. The third-order valence-corrected chi connectivity index (χ3v) is 3.57. The van der Waals surface area contributed by atoms with Crippen molar-refractivity contribution in [1.29, 1.82) is 5.26 Å². The Bertz CT molecular complexity index is 542. The molecule has 5 nitrogen and oxygen atoms in total. The highest BCUT2D eigenvalue weighted by Crippen LogP contribution is 2.24. The number of halogens is 1. The third-order valence-electron chi connectivity index (χ3n) is 3.24. The van der Waals surface area contributed by atoms with E-state index in [1.165, 1.54) is 0 Å². The van der Waals surface area contributed by atoms with E-state index >= 15 is 0 Å². The molecule has 0 aromatic heterocycles. The Morgan fingerprint density at radius 1 is 1.55 bits per heavy atom. The van der Waals surface area contributed by atoms with Crippen LogP contribution in [0.3, 0.4) is 0 Å². The molecule has 0 radical (unpaired) electrons. The van der Waals surface area contributed by atoms with Crippen LogP contribution < -0.4 is 10.6 Å². The Balaban J connectivity index is 2.10. The highest BCUT2D eigenvalue weighted by atomic mass is 35.5. The molecule has 20 heavy (non-hydrogen) atoms. The van der Waals surface area contributed by atoms with Gasteiger partial charge in [0.2, 0.25) is 5.91 Å². The van der Waals surface area contributed by atoms with Gasteiger partial charge in [0.1, 0.15) is 0 Å². The van der Waals surface area contributed by atoms with Gasteiger partial charge in [-0.1, -0.05) is 18.5 Å². The first-order valence-corrected chi connectivity index (χ1v) is 6.85. The van der Waals surface area contributed by atoms with Crippen LogP contribution in [0.2, 0.25) is 5.02 Å². The molecule has 2 atom stereocenters. The van der Waals surface area contributed by atoms with Crippen LogP contribution in [0.1, 0.15) is 12.5 Å². The summed E-state index contributed by atoms with van der Waals surface area (Å²) in [6.45, 7) is 3.68. The minimum Gasteiger partial charge on any atom is -0.379 e. The van der Waals surface area contributed by atoms with E-state index in [1.807, 2.05) is 13.0 Å². The SMILES string of the molecule is CCNC1COCC1C(=O)Nc1cc(C#N)ccc1Cl. The number of rotatable bonds is 4. The molecule has 1 fully saturated rings. The molecule has 106 valence electrons. The van der Waals surface area contributed by atoms with Crippen molar-refractivity contribution in [1.82, 2.24) is 5.32 Å². The van der Waals surface area contributed by atoms with Gasteiger partial charge in [-0.05, 0) is 24.7 Å². The fourth-order valence-electron chi connectivity index (χ4n) is 2.19. The number of likely N-dealkylation sites (N-methyl/N-ethyl adjacent to an activating group) is 1. The number of amides is 1. The van der Waals surface area contributed by atoms with Gasteiger partial charge in [-0.25, -0.2) is 0 Å². The number of anilines is 1. The first-order valence-electron chi connectivity index (χ1n) is 6.47. The molecule has 2 unspecified atom stereocenters. The van der Waals surface area contributed by atoms with E-state index in [4.69, 9.17) is 21.6 Å². The average Bonchev–Trinajstić information content (AvgIpc) is 2.90. The number of carbonyl (C=O) groups is 1. The van der Waals surface area contributed by atoms with Crippen molar-refractivity contribution in [3.05, 3.63) is 28.8 Å². The highest BCUT2D eigenvalue weighted by molar-refractivity contribution is 6.33. The predicted molar refractivity (Wildman–Crippen MR) is 76.6 cm³/mol. The molecule has 2 N–H and O–H groups in total. The van der Waals surface area contributed by atoms with E-state index < -0.39 is 0 Å². The fourth-order valence-corrected chi connectivity index (χ4v) is 2.36. The monoisotopic (exact) mass is 293 g/mol. The van der Waals surface area contributed by atoms with E-state index in [1.54, 1.807) is 18.2 Å². The molecule has 1 aliphatic rings. The van der Waals surface area contributed by atoms with Crippen LogP contribution in [0.4, 0.5) is 5.69 Å². The molecular weight excluding hydrogens is 278 g/mol. The van der Waals surface area contributed by atoms with Crippen LogP contribution in [-0.4, -0.2) is 31.7 Å². The maximum absolute atomic E-state index is 12.3. The van der Waals surface area contributed by atoms with E-state index in [-0.39, 0.29) is 17.9 Å². The number of ether oxygens (including phenoxy) is 1. The maximum atomic E-state index is 12.3. The molecule has 2 rings (SSSR count). The number of hydrogen-bond acceptors (Lipinski definition) is 4. The second kappa shape index (κ2) is 6.71. The van der Waals surface area contributed by atoms with Gasteiger partial charge in [-0.3, -0.25) is 4.79 Å². The lowest BCUT2D eigenvalue weighted by Crippen LogP contribution is -2.41. The van der Waals surface area contributed by atoms with Crippen molar-refractivity contribution < 1.29 is 9.53 Å². The molecule has 0 spiro atoms. The van der Waals surface area contributed by atoms with E-state index in [0.717, 1.165) is 6.54 Å². The van der Waals surface area contributed by atoms with Gasteiger partial charge in [-0.2, -0.15) is 5.26 Å². The summed E-state index contributed by atoms with van der Waals surface area (Å²) in [7, 11) is 0. The third kappa shape index (κ3) is 3.28. The number of nitrogens with zero attached hydrogens (tertiary/aromatic N) is 1. The number of nitrogens with one attached hydrogen (secondary N) is 2. The molecule has 1 aromatic rings. The van der Waals surface area contributed by atoms with Crippen molar-refractivity contribution in [3.63, 3.8) is 0 Å². The molecule has 0 aliphatic carbocycles. The van der Waals surface area contributed by atoms with Gasteiger partial charge in [0, 0.05) is 6.04 Å². The lowest BCUT2D eigenvalue weighted by molar-refractivity contribution is -0.120. The number of benzene rings is 1. The van der Waals surface area contributed by atoms with Gasteiger partial charge in [-0.15, -0.1) is 0 Å². The summed E-state index contributed by atoms with van der Waals surface area (Å²) < 4.78 is 5.35. The standard InChI is InChI=1S/C14H16ClN3O2/c1-2-17-13-8-20-7-10(13)14(19)18-12-5-9(6-16)3-4-11(12)15/h3-5,10,13,17H,2,7-8H2,1H3,(H,18,19). The Kier molecular flexibility index (Phi) is 4.96. The topological polar surface area (TPSA) is 74.2 Å². The number of nitriles is 1. The number of carbonyl (C=O) groups excluding carboxylic acids is 1. The zero-order valence-electron chi connectivity index (χ0n) is 11.1. The van der Waals surface area contributed by atoms with E-state index in [9.17, 15) is 4.79 Å². The highest BCUT2D eigenvalue weighted by Gasteiger charge is 2.33. The largest absolute Gasteiger partial charge is 0.379 e. The molecule has 1 saturated heterocycles. The van der Waals surface area contributed by atoms with Crippen LogP contribution in [0.5, 0.6) is 0 Å². The Morgan fingerprint density at radius 2 is 2.35 bits per heavy atom.